The lowest BCUT2D eigenvalue weighted by Crippen LogP contribution is -2.30. The molecule has 0 saturated carbocycles. The van der Waals surface area contributed by atoms with Crippen LogP contribution in [0.2, 0.25) is 0 Å². The monoisotopic (exact) mass is 525 g/mol. The minimum Gasteiger partial charge on any atom is -0.364 e. The summed E-state index contributed by atoms with van der Waals surface area (Å²) in [6.45, 7) is 2.37. The van der Waals surface area contributed by atoms with E-state index >= 15 is 0 Å². The Morgan fingerprint density at radius 2 is 2.00 bits per heavy atom. The van der Waals surface area contributed by atoms with Crippen LogP contribution >= 0.6 is 22.7 Å². The molecule has 2 aliphatic rings. The molecule has 0 bridgehead atoms. The smallest absolute Gasteiger partial charge is 0.364 e. The van der Waals surface area contributed by atoms with Crippen LogP contribution in [0, 0.1) is 0 Å². The van der Waals surface area contributed by atoms with E-state index in [2.05, 4.69) is 16.0 Å². The average molecular weight is 526 g/mol. The Labute approximate surface area is 200 Å². The summed E-state index contributed by atoms with van der Waals surface area (Å²) in [5.41, 5.74) is 1.38. The number of urea groups is 1. The first-order valence-electron chi connectivity index (χ1n) is 10.8. The number of aliphatic hydroxyl groups is 1. The highest BCUT2D eigenvalue weighted by Gasteiger charge is 2.40. The van der Waals surface area contributed by atoms with Crippen LogP contribution in [0.15, 0.2) is 0 Å². The van der Waals surface area contributed by atoms with Gasteiger partial charge in [-0.15, -0.1) is 22.7 Å². The summed E-state index contributed by atoms with van der Waals surface area (Å²) in [6.07, 6.45) is -6.40. The predicted octanol–water partition coefficient (Wildman–Crippen LogP) is 4.95. The van der Waals surface area contributed by atoms with Crippen molar-refractivity contribution in [1.29, 1.82) is 0 Å². The van der Waals surface area contributed by atoms with Crippen molar-refractivity contribution in [2.24, 2.45) is 0 Å². The van der Waals surface area contributed by atoms with Gasteiger partial charge in [-0.2, -0.15) is 13.2 Å². The molecule has 34 heavy (non-hydrogen) atoms. The van der Waals surface area contributed by atoms with Gasteiger partial charge in [0.15, 0.2) is 6.29 Å². The molecule has 1 unspecified atom stereocenters. The zero-order valence-corrected chi connectivity index (χ0v) is 19.8. The predicted molar refractivity (Wildman–Crippen MR) is 118 cm³/mol. The molecule has 0 radical (unpaired) electrons. The molecule has 0 spiro atoms. The molecule has 1 atom stereocenters. The van der Waals surface area contributed by atoms with Gasteiger partial charge in [0.05, 0.1) is 0 Å². The Morgan fingerprint density at radius 1 is 1.24 bits per heavy atom. The molecule has 0 aromatic carbocycles. The number of amides is 2. The van der Waals surface area contributed by atoms with Crippen LogP contribution in [-0.2, 0) is 43.3 Å². The van der Waals surface area contributed by atoms with E-state index in [1.165, 1.54) is 0 Å². The van der Waals surface area contributed by atoms with Crippen LogP contribution in [0.1, 0.15) is 56.5 Å². The van der Waals surface area contributed by atoms with E-state index in [1.54, 1.807) is 6.92 Å². The van der Waals surface area contributed by atoms with Crippen LogP contribution in [0.25, 0.3) is 0 Å². The Kier molecular flexibility index (Phi) is 7.21. The van der Waals surface area contributed by atoms with Gasteiger partial charge >= 0.3 is 12.2 Å². The molecule has 1 aliphatic carbocycles. The van der Waals surface area contributed by atoms with E-state index < -0.39 is 35.7 Å². The molecule has 188 valence electrons. The molecule has 6 nitrogen and oxygen atoms in total. The first-order chi connectivity index (χ1) is 16.0. The second kappa shape index (κ2) is 9.69. The molecule has 2 aromatic rings. The Bertz CT molecular complexity index is 1070. The lowest BCUT2D eigenvalue weighted by molar-refractivity contribution is -0.135. The Balaban J connectivity index is 1.54. The van der Waals surface area contributed by atoms with Gasteiger partial charge < -0.3 is 20.5 Å². The van der Waals surface area contributed by atoms with Crippen LogP contribution in [-0.4, -0.2) is 30.2 Å². The van der Waals surface area contributed by atoms with Crippen molar-refractivity contribution in [3.63, 3.8) is 0 Å². The van der Waals surface area contributed by atoms with Crippen molar-refractivity contribution in [2.75, 3.05) is 18.5 Å². The van der Waals surface area contributed by atoms with Crippen molar-refractivity contribution in [1.82, 2.24) is 10.6 Å². The standard InChI is InChI=1S/C21H24F5N3O3S2/c1-2-32-18(30)15-11-3-5-20(22,23)7-13(11)34-17(15)29-19(31)28-8-12-10-4-6-27-9-14(10)33-16(12)21(24,25)26/h18,27,30H,2-9H2,1H3,(H2,28,29,31). The number of aliphatic hydroxyl groups excluding tert-OH is 1. The fraction of sp³-hybridized carbons (Fsp3) is 0.571. The first kappa shape index (κ1) is 25.3. The molecule has 4 N–H and O–H groups in total. The number of thiophene rings is 2. The molecule has 1 aliphatic heterocycles. The Morgan fingerprint density at radius 3 is 2.71 bits per heavy atom. The van der Waals surface area contributed by atoms with Gasteiger partial charge in [-0.1, -0.05) is 0 Å². The highest BCUT2D eigenvalue weighted by molar-refractivity contribution is 7.16. The second-order valence-corrected chi connectivity index (χ2v) is 10.3. The quantitative estimate of drug-likeness (QED) is 0.318. The lowest BCUT2D eigenvalue weighted by atomic mass is 9.92. The highest BCUT2D eigenvalue weighted by Crippen LogP contribution is 2.45. The number of fused-ring (bicyclic) bond motifs is 2. The molecule has 0 fully saturated rings. The van der Waals surface area contributed by atoms with Crippen molar-refractivity contribution in [3.8, 4) is 0 Å². The summed E-state index contributed by atoms with van der Waals surface area (Å²) in [4.78, 5) is 12.8. The number of carbonyl (C=O) groups excluding carboxylic acids is 1. The summed E-state index contributed by atoms with van der Waals surface area (Å²) in [5, 5.41) is 18.6. The number of ether oxygens (including phenoxy) is 1. The van der Waals surface area contributed by atoms with Gasteiger partial charge in [-0.25, -0.2) is 13.6 Å². The summed E-state index contributed by atoms with van der Waals surface area (Å²) in [5.74, 6) is -2.88. The van der Waals surface area contributed by atoms with Gasteiger partial charge in [-0.05, 0) is 43.0 Å². The van der Waals surface area contributed by atoms with Gasteiger partial charge in [0.1, 0.15) is 9.88 Å². The van der Waals surface area contributed by atoms with Gasteiger partial charge in [0.25, 0.3) is 5.92 Å². The fourth-order valence-electron chi connectivity index (χ4n) is 4.30. The zero-order valence-electron chi connectivity index (χ0n) is 18.2. The molecular formula is C21H24F5N3O3S2. The van der Waals surface area contributed by atoms with Crippen molar-refractivity contribution in [2.45, 2.75) is 64.1 Å². The molecule has 2 aromatic heterocycles. The topological polar surface area (TPSA) is 82.6 Å². The number of rotatable bonds is 6. The number of hydrogen-bond acceptors (Lipinski definition) is 6. The van der Waals surface area contributed by atoms with Crippen LogP contribution in [0.3, 0.4) is 0 Å². The van der Waals surface area contributed by atoms with Crippen molar-refractivity contribution < 1.29 is 36.6 Å². The minimum absolute atomic E-state index is 0.0195. The number of nitrogens with one attached hydrogen (secondary N) is 3. The molecule has 4 rings (SSSR count). The van der Waals surface area contributed by atoms with Crippen molar-refractivity contribution in [3.05, 3.63) is 36.9 Å². The largest absolute Gasteiger partial charge is 0.425 e. The first-order valence-corrected chi connectivity index (χ1v) is 12.4. The third-order valence-corrected chi connectivity index (χ3v) is 8.29. The van der Waals surface area contributed by atoms with E-state index in [1.807, 2.05) is 0 Å². The number of alkyl halides is 5. The minimum atomic E-state index is -4.54. The SMILES string of the molecule is CCOC(O)c1c(NC(=O)NCc2c(C(F)(F)F)sc3c2CCNC3)sc2c1CCC(F)(F)C2. The van der Waals surface area contributed by atoms with E-state index in [0.29, 0.717) is 51.7 Å². The summed E-state index contributed by atoms with van der Waals surface area (Å²) in [6, 6.07) is -0.794. The third kappa shape index (κ3) is 5.23. The fourth-order valence-corrected chi connectivity index (χ4v) is 6.85. The molecule has 0 saturated heterocycles. The van der Waals surface area contributed by atoms with Gasteiger partial charge in [0.2, 0.25) is 0 Å². The van der Waals surface area contributed by atoms with E-state index in [9.17, 15) is 31.9 Å². The lowest BCUT2D eigenvalue weighted by Gasteiger charge is -2.23. The molecule has 13 heteroatoms. The van der Waals surface area contributed by atoms with Crippen LogP contribution in [0.4, 0.5) is 31.7 Å². The van der Waals surface area contributed by atoms with E-state index in [0.717, 1.165) is 11.3 Å². The van der Waals surface area contributed by atoms with Crippen molar-refractivity contribution >= 4 is 33.7 Å². The second-order valence-electron chi connectivity index (χ2n) is 8.13. The number of hydrogen-bond donors (Lipinski definition) is 4. The maximum absolute atomic E-state index is 13.9. The zero-order chi connectivity index (χ0) is 24.7. The summed E-state index contributed by atoms with van der Waals surface area (Å²) >= 11 is 1.60. The van der Waals surface area contributed by atoms with E-state index in [4.69, 9.17) is 4.74 Å². The normalized spacial score (nSPS) is 18.2. The van der Waals surface area contributed by atoms with Crippen LogP contribution in [0.5, 0.6) is 0 Å². The molecule has 2 amide bonds. The highest BCUT2D eigenvalue weighted by atomic mass is 32.1. The van der Waals surface area contributed by atoms with Crippen LogP contribution < -0.4 is 16.0 Å². The number of carbonyl (C=O) groups is 1. The number of anilines is 1. The molecular weight excluding hydrogens is 501 g/mol. The molecule has 3 heterocycles. The average Bonchev–Trinajstić information content (AvgIpc) is 3.29. The number of halogens is 5. The summed E-state index contributed by atoms with van der Waals surface area (Å²) in [7, 11) is 0. The van der Waals surface area contributed by atoms with Gasteiger partial charge in [0, 0.05) is 47.9 Å². The Hall–Kier alpha value is -1.80. The maximum atomic E-state index is 13.9. The summed E-state index contributed by atoms with van der Waals surface area (Å²) < 4.78 is 73.8. The van der Waals surface area contributed by atoms with Gasteiger partial charge in [-0.3, -0.25) is 5.32 Å². The third-order valence-electron chi connectivity index (χ3n) is 5.81. The van der Waals surface area contributed by atoms with E-state index in [-0.39, 0.29) is 42.1 Å². The maximum Gasteiger partial charge on any atom is 0.425 e.